The monoisotopic (exact) mass is 300 g/mol. The number of carbonyl (C=O) groups is 1. The molecule has 1 aromatic carbocycles. The van der Waals surface area contributed by atoms with Crippen molar-refractivity contribution >= 4 is 5.91 Å². The molecule has 1 amide bonds. The molecule has 0 saturated carbocycles. The van der Waals surface area contributed by atoms with E-state index >= 15 is 0 Å². The molecule has 0 unspecified atom stereocenters. The van der Waals surface area contributed by atoms with Gasteiger partial charge < -0.3 is 14.5 Å². The van der Waals surface area contributed by atoms with Crippen LogP contribution < -0.4 is 5.32 Å². The Balaban J connectivity index is 1.60. The topological polar surface area (TPSA) is 64.4 Å². The van der Waals surface area contributed by atoms with Crippen LogP contribution in [-0.4, -0.2) is 30.6 Å². The molecule has 0 spiro atoms. The van der Waals surface area contributed by atoms with E-state index in [9.17, 15) is 4.79 Å². The summed E-state index contributed by atoms with van der Waals surface area (Å²) < 4.78 is 11.0. The Morgan fingerprint density at radius 3 is 2.91 bits per heavy atom. The first kappa shape index (κ1) is 14.8. The summed E-state index contributed by atoms with van der Waals surface area (Å²) in [5.74, 6) is 1.66. The highest BCUT2D eigenvalue weighted by atomic mass is 16.5. The smallest absolute Gasteiger partial charge is 0.226 e. The Morgan fingerprint density at radius 1 is 1.36 bits per heavy atom. The summed E-state index contributed by atoms with van der Waals surface area (Å²) in [5, 5.41) is 2.95. The molecule has 2 aromatic rings. The average molecular weight is 300 g/mol. The summed E-state index contributed by atoms with van der Waals surface area (Å²) in [4.78, 5) is 16.5. The van der Waals surface area contributed by atoms with E-state index in [1.165, 1.54) is 0 Å². The van der Waals surface area contributed by atoms with Crippen LogP contribution in [0, 0.1) is 12.8 Å². The predicted octanol–water partition coefficient (Wildman–Crippen LogP) is 2.35. The minimum atomic E-state index is -0.0251. The number of hydrogen-bond acceptors (Lipinski definition) is 4. The van der Waals surface area contributed by atoms with Crippen LogP contribution in [0.4, 0.5) is 0 Å². The van der Waals surface area contributed by atoms with E-state index in [1.54, 1.807) is 0 Å². The fourth-order valence-corrected chi connectivity index (χ4v) is 2.51. The first-order chi connectivity index (χ1) is 10.7. The number of nitrogens with zero attached hydrogens (tertiary/aromatic N) is 1. The van der Waals surface area contributed by atoms with Crippen molar-refractivity contribution in [2.45, 2.75) is 19.8 Å². The Morgan fingerprint density at radius 2 is 2.18 bits per heavy atom. The standard InChI is InChI=1S/C17H20N2O3/c1-12-15(9-16(20)18-10-13-7-8-21-11-13)19-17(22-12)14-5-3-2-4-6-14/h2-6,13H,7-11H2,1H3,(H,18,20)/t13-/m0/s1. The molecule has 1 aromatic heterocycles. The normalized spacial score (nSPS) is 17.6. The largest absolute Gasteiger partial charge is 0.441 e. The predicted molar refractivity (Wildman–Crippen MR) is 82.3 cm³/mol. The molecule has 2 heterocycles. The zero-order valence-corrected chi connectivity index (χ0v) is 12.7. The van der Waals surface area contributed by atoms with Gasteiger partial charge in [-0.1, -0.05) is 18.2 Å². The van der Waals surface area contributed by atoms with E-state index < -0.39 is 0 Å². The fourth-order valence-electron chi connectivity index (χ4n) is 2.51. The minimum Gasteiger partial charge on any atom is -0.441 e. The molecule has 1 N–H and O–H groups in total. The van der Waals surface area contributed by atoms with E-state index in [2.05, 4.69) is 10.3 Å². The van der Waals surface area contributed by atoms with Gasteiger partial charge in [0.2, 0.25) is 11.8 Å². The third-order valence-corrected chi connectivity index (χ3v) is 3.85. The fraction of sp³-hybridized carbons (Fsp3) is 0.412. The maximum Gasteiger partial charge on any atom is 0.226 e. The molecule has 0 aliphatic carbocycles. The van der Waals surface area contributed by atoms with Gasteiger partial charge >= 0.3 is 0 Å². The van der Waals surface area contributed by atoms with Crippen molar-refractivity contribution in [3.8, 4) is 11.5 Å². The van der Waals surface area contributed by atoms with Crippen molar-refractivity contribution in [1.82, 2.24) is 10.3 Å². The van der Waals surface area contributed by atoms with Crippen molar-refractivity contribution in [3.63, 3.8) is 0 Å². The van der Waals surface area contributed by atoms with Crippen LogP contribution >= 0.6 is 0 Å². The first-order valence-electron chi connectivity index (χ1n) is 7.58. The minimum absolute atomic E-state index is 0.0251. The zero-order chi connectivity index (χ0) is 15.4. The molecule has 0 radical (unpaired) electrons. The van der Waals surface area contributed by atoms with E-state index in [0.717, 1.165) is 25.2 Å². The highest BCUT2D eigenvalue weighted by molar-refractivity contribution is 5.78. The van der Waals surface area contributed by atoms with Gasteiger partial charge in [0.05, 0.1) is 18.7 Å². The summed E-state index contributed by atoms with van der Waals surface area (Å²) in [6, 6.07) is 9.70. The number of benzene rings is 1. The highest BCUT2D eigenvalue weighted by Crippen LogP contribution is 2.21. The second-order valence-electron chi connectivity index (χ2n) is 5.60. The molecule has 0 bridgehead atoms. The molecule has 116 valence electrons. The van der Waals surface area contributed by atoms with Crippen molar-refractivity contribution in [1.29, 1.82) is 0 Å². The summed E-state index contributed by atoms with van der Waals surface area (Å²) in [6.07, 6.45) is 1.26. The third kappa shape index (κ3) is 3.54. The number of rotatable bonds is 5. The second kappa shape index (κ2) is 6.75. The number of aromatic nitrogens is 1. The molecular formula is C17H20N2O3. The van der Waals surface area contributed by atoms with Gasteiger partial charge in [0, 0.05) is 24.6 Å². The lowest BCUT2D eigenvalue weighted by molar-refractivity contribution is -0.120. The summed E-state index contributed by atoms with van der Waals surface area (Å²) >= 11 is 0. The Bertz CT molecular complexity index is 631. The summed E-state index contributed by atoms with van der Waals surface area (Å²) in [5.41, 5.74) is 1.61. The number of hydrogen-bond donors (Lipinski definition) is 1. The maximum absolute atomic E-state index is 12.0. The Labute approximate surface area is 129 Å². The van der Waals surface area contributed by atoms with Gasteiger partial charge in [-0.2, -0.15) is 0 Å². The molecule has 5 nitrogen and oxygen atoms in total. The average Bonchev–Trinajstić information content (AvgIpc) is 3.17. The van der Waals surface area contributed by atoms with Crippen molar-refractivity contribution in [3.05, 3.63) is 41.8 Å². The van der Waals surface area contributed by atoms with Gasteiger partial charge in [0.1, 0.15) is 5.76 Å². The van der Waals surface area contributed by atoms with Crippen molar-refractivity contribution in [2.75, 3.05) is 19.8 Å². The molecule has 1 fully saturated rings. The Hall–Kier alpha value is -2.14. The van der Waals surface area contributed by atoms with Gasteiger partial charge in [-0.15, -0.1) is 0 Å². The van der Waals surface area contributed by atoms with Crippen LogP contribution in [0.2, 0.25) is 0 Å². The van der Waals surface area contributed by atoms with Gasteiger partial charge in [-0.25, -0.2) is 4.98 Å². The molecule has 1 atom stereocenters. The number of amides is 1. The van der Waals surface area contributed by atoms with Crippen LogP contribution in [0.15, 0.2) is 34.7 Å². The van der Waals surface area contributed by atoms with Crippen LogP contribution in [0.5, 0.6) is 0 Å². The van der Waals surface area contributed by atoms with Crippen LogP contribution in [0.1, 0.15) is 17.9 Å². The SMILES string of the molecule is Cc1oc(-c2ccccc2)nc1CC(=O)NC[C@@H]1CCOC1. The lowest BCUT2D eigenvalue weighted by Gasteiger charge is -2.08. The van der Waals surface area contributed by atoms with Gasteiger partial charge in [0.15, 0.2) is 0 Å². The zero-order valence-electron chi connectivity index (χ0n) is 12.7. The van der Waals surface area contributed by atoms with Gasteiger partial charge in [0.25, 0.3) is 0 Å². The van der Waals surface area contributed by atoms with Crippen LogP contribution in [0.25, 0.3) is 11.5 Å². The van der Waals surface area contributed by atoms with Crippen LogP contribution in [-0.2, 0) is 16.0 Å². The van der Waals surface area contributed by atoms with Crippen molar-refractivity contribution < 1.29 is 13.9 Å². The summed E-state index contributed by atoms with van der Waals surface area (Å²) in [6.45, 7) is 4.04. The maximum atomic E-state index is 12.0. The lowest BCUT2D eigenvalue weighted by Crippen LogP contribution is -2.30. The number of oxazole rings is 1. The molecule has 3 rings (SSSR count). The van der Waals surface area contributed by atoms with E-state index in [-0.39, 0.29) is 12.3 Å². The molecule has 1 aliphatic heterocycles. The van der Waals surface area contributed by atoms with Gasteiger partial charge in [-0.3, -0.25) is 4.79 Å². The van der Waals surface area contributed by atoms with Crippen LogP contribution in [0.3, 0.4) is 0 Å². The second-order valence-corrected chi connectivity index (χ2v) is 5.60. The molecular weight excluding hydrogens is 280 g/mol. The molecule has 1 aliphatic rings. The van der Waals surface area contributed by atoms with E-state index in [0.29, 0.717) is 29.8 Å². The Kier molecular flexibility index (Phi) is 4.53. The lowest BCUT2D eigenvalue weighted by atomic mass is 10.1. The summed E-state index contributed by atoms with van der Waals surface area (Å²) in [7, 11) is 0. The number of ether oxygens (including phenoxy) is 1. The van der Waals surface area contributed by atoms with E-state index in [4.69, 9.17) is 9.15 Å². The molecule has 1 saturated heterocycles. The quantitative estimate of drug-likeness (QED) is 0.920. The van der Waals surface area contributed by atoms with Gasteiger partial charge in [-0.05, 0) is 25.5 Å². The number of nitrogens with one attached hydrogen (secondary N) is 1. The number of carbonyl (C=O) groups excluding carboxylic acids is 1. The van der Waals surface area contributed by atoms with Crippen molar-refractivity contribution in [2.24, 2.45) is 5.92 Å². The third-order valence-electron chi connectivity index (χ3n) is 3.85. The number of aryl methyl sites for hydroxylation is 1. The highest BCUT2D eigenvalue weighted by Gasteiger charge is 2.18. The molecule has 22 heavy (non-hydrogen) atoms. The van der Waals surface area contributed by atoms with E-state index in [1.807, 2.05) is 37.3 Å². The molecule has 5 heteroatoms. The first-order valence-corrected chi connectivity index (χ1v) is 7.58.